The van der Waals surface area contributed by atoms with Crippen molar-refractivity contribution >= 4 is 17.5 Å². The van der Waals surface area contributed by atoms with Crippen LogP contribution < -0.4 is 15.5 Å². The SMILES string of the molecule is [2H]C1c2cccc(N3CCN(CC4CCNCC4)CC3)c2C([2H])N1C1CCC(=O)NC1=O. The summed E-state index contributed by atoms with van der Waals surface area (Å²) in [6.07, 6.45) is 3.14. The van der Waals surface area contributed by atoms with Crippen LogP contribution in [-0.4, -0.2) is 73.5 Å². The Morgan fingerprint density at radius 2 is 1.83 bits per heavy atom. The fourth-order valence-corrected chi connectivity index (χ4v) is 5.19. The number of anilines is 1. The molecule has 2 amide bonds. The topological polar surface area (TPSA) is 67.9 Å². The van der Waals surface area contributed by atoms with Gasteiger partial charge in [0.05, 0.1) is 6.04 Å². The lowest BCUT2D eigenvalue weighted by molar-refractivity contribution is -0.137. The maximum Gasteiger partial charge on any atom is 0.243 e. The first-order chi connectivity index (χ1) is 15.5. The zero-order chi connectivity index (χ0) is 22.2. The van der Waals surface area contributed by atoms with Crippen LogP contribution >= 0.6 is 0 Å². The second-order valence-corrected chi connectivity index (χ2v) is 8.93. The minimum atomic E-state index is -0.777. The van der Waals surface area contributed by atoms with Crippen molar-refractivity contribution in [2.75, 3.05) is 50.7 Å². The van der Waals surface area contributed by atoms with E-state index in [9.17, 15) is 9.59 Å². The Labute approximate surface area is 181 Å². The predicted octanol–water partition coefficient (Wildman–Crippen LogP) is 0.929. The molecule has 7 heteroatoms. The van der Waals surface area contributed by atoms with Gasteiger partial charge in [0.2, 0.25) is 11.8 Å². The highest BCUT2D eigenvalue weighted by molar-refractivity contribution is 6.00. The number of piperazine rings is 1. The van der Waals surface area contributed by atoms with Crippen molar-refractivity contribution in [2.24, 2.45) is 5.92 Å². The number of carbonyl (C=O) groups is 2. The zero-order valence-corrected chi connectivity index (χ0v) is 17.5. The number of piperidine rings is 2. The quantitative estimate of drug-likeness (QED) is 0.716. The summed E-state index contributed by atoms with van der Waals surface area (Å²) in [5.41, 5.74) is 2.68. The van der Waals surface area contributed by atoms with Crippen molar-refractivity contribution in [1.82, 2.24) is 20.4 Å². The van der Waals surface area contributed by atoms with E-state index in [2.05, 4.69) is 26.5 Å². The molecule has 0 aromatic heterocycles. The van der Waals surface area contributed by atoms with Gasteiger partial charge < -0.3 is 10.2 Å². The van der Waals surface area contributed by atoms with Crippen molar-refractivity contribution in [2.45, 2.75) is 44.8 Å². The monoisotopic (exact) mass is 413 g/mol. The van der Waals surface area contributed by atoms with Gasteiger partial charge in [0.1, 0.15) is 0 Å². The number of benzene rings is 1. The fourth-order valence-electron chi connectivity index (χ4n) is 5.19. The van der Waals surface area contributed by atoms with Crippen LogP contribution in [0.1, 0.15) is 39.6 Å². The number of nitrogens with zero attached hydrogens (tertiary/aromatic N) is 3. The van der Waals surface area contributed by atoms with Gasteiger partial charge >= 0.3 is 0 Å². The van der Waals surface area contributed by atoms with Crippen LogP contribution in [0.5, 0.6) is 0 Å². The maximum atomic E-state index is 12.5. The molecular weight excluding hydrogens is 378 g/mol. The van der Waals surface area contributed by atoms with E-state index in [4.69, 9.17) is 2.74 Å². The summed E-state index contributed by atoms with van der Waals surface area (Å²) in [6, 6.07) is 5.33. The first-order valence-electron chi connectivity index (χ1n) is 12.4. The van der Waals surface area contributed by atoms with Gasteiger partial charge in [-0.15, -0.1) is 0 Å². The number of imide groups is 1. The summed E-state index contributed by atoms with van der Waals surface area (Å²) in [7, 11) is 0. The molecule has 1 aromatic carbocycles. The molecule has 2 N–H and O–H groups in total. The van der Waals surface area contributed by atoms with Crippen LogP contribution in [0, 0.1) is 5.92 Å². The number of fused-ring (bicyclic) bond motifs is 1. The molecule has 3 saturated heterocycles. The van der Waals surface area contributed by atoms with Gasteiger partial charge in [-0.1, -0.05) is 12.1 Å². The molecule has 4 aliphatic heterocycles. The number of hydrogen-bond acceptors (Lipinski definition) is 6. The highest BCUT2D eigenvalue weighted by Crippen LogP contribution is 2.34. The lowest BCUT2D eigenvalue weighted by Gasteiger charge is -2.39. The number of nitrogens with one attached hydrogen (secondary N) is 2. The normalized spacial score (nSPS) is 32.5. The number of rotatable bonds is 4. The minimum Gasteiger partial charge on any atom is -0.369 e. The molecule has 0 aliphatic carbocycles. The highest BCUT2D eigenvalue weighted by atomic mass is 16.2. The summed E-state index contributed by atoms with van der Waals surface area (Å²) in [6.45, 7) is 5.73. The second kappa shape index (κ2) is 8.65. The third-order valence-corrected chi connectivity index (χ3v) is 6.94. The average Bonchev–Trinajstić information content (AvgIpc) is 3.06. The summed E-state index contributed by atoms with van der Waals surface area (Å²) < 4.78 is 17.7. The van der Waals surface area contributed by atoms with E-state index < -0.39 is 19.1 Å². The molecule has 3 atom stereocenters. The standard InChI is InChI=1S/C23H33N5O2/c29-22-5-4-21(23(30)25-22)28-15-18-2-1-3-20(19(18)16-28)27-12-10-26(11-13-27)14-17-6-8-24-9-7-17/h1-3,17,21,24H,4-16H2,(H,25,29,30)/i15D,16D. The molecule has 5 rings (SSSR count). The molecule has 162 valence electrons. The third-order valence-electron chi connectivity index (χ3n) is 6.94. The molecule has 1 aromatic rings. The summed E-state index contributed by atoms with van der Waals surface area (Å²) in [4.78, 5) is 30.6. The van der Waals surface area contributed by atoms with Gasteiger partial charge in [0.25, 0.3) is 0 Å². The number of amides is 2. The third kappa shape index (κ3) is 4.11. The number of carbonyl (C=O) groups excluding carboxylic acids is 2. The molecule has 30 heavy (non-hydrogen) atoms. The van der Waals surface area contributed by atoms with Crippen LogP contribution in [0.25, 0.3) is 0 Å². The van der Waals surface area contributed by atoms with Gasteiger partial charge in [0, 0.05) is 60.6 Å². The van der Waals surface area contributed by atoms with Gasteiger partial charge in [-0.3, -0.25) is 24.7 Å². The molecule has 3 fully saturated rings. The van der Waals surface area contributed by atoms with Crippen molar-refractivity contribution < 1.29 is 12.3 Å². The Hall–Kier alpha value is -1.96. The number of hydrogen-bond donors (Lipinski definition) is 2. The van der Waals surface area contributed by atoms with Gasteiger partial charge in [-0.2, -0.15) is 0 Å². The fraction of sp³-hybridized carbons (Fsp3) is 0.652. The Balaban J connectivity index is 1.29. The van der Waals surface area contributed by atoms with E-state index in [1.807, 2.05) is 12.1 Å². The van der Waals surface area contributed by atoms with Crippen LogP contribution in [0.4, 0.5) is 5.69 Å². The average molecular weight is 414 g/mol. The summed E-state index contributed by atoms with van der Waals surface area (Å²) in [5.74, 6) is 0.137. The molecule has 0 saturated carbocycles. The molecule has 4 heterocycles. The predicted molar refractivity (Wildman–Crippen MR) is 116 cm³/mol. The van der Waals surface area contributed by atoms with Crippen LogP contribution in [-0.2, 0) is 22.6 Å². The molecular formula is C23H33N5O2. The first kappa shape index (κ1) is 17.7. The molecule has 7 nitrogen and oxygen atoms in total. The van der Waals surface area contributed by atoms with Crippen molar-refractivity contribution in [1.29, 1.82) is 0 Å². The van der Waals surface area contributed by atoms with E-state index >= 15 is 0 Å². The highest BCUT2D eigenvalue weighted by Gasteiger charge is 2.36. The second-order valence-electron chi connectivity index (χ2n) is 8.93. The lowest BCUT2D eigenvalue weighted by Crippen LogP contribution is -2.51. The summed E-state index contributed by atoms with van der Waals surface area (Å²) in [5, 5.41) is 5.82. The maximum absolute atomic E-state index is 12.5. The van der Waals surface area contributed by atoms with Crippen LogP contribution in [0.2, 0.25) is 0 Å². The Morgan fingerprint density at radius 3 is 2.60 bits per heavy atom. The first-order valence-corrected chi connectivity index (χ1v) is 11.3. The van der Waals surface area contributed by atoms with Crippen molar-refractivity contribution in [3.05, 3.63) is 29.3 Å². The largest absolute Gasteiger partial charge is 0.369 e. The van der Waals surface area contributed by atoms with E-state index in [0.29, 0.717) is 6.42 Å². The lowest BCUT2D eigenvalue weighted by atomic mass is 9.97. The van der Waals surface area contributed by atoms with Crippen molar-refractivity contribution in [3.8, 4) is 0 Å². The molecule has 0 radical (unpaired) electrons. The minimum absolute atomic E-state index is 0.258. The van der Waals surface area contributed by atoms with E-state index in [-0.39, 0.29) is 18.2 Å². The Bertz CT molecular complexity index is 870. The van der Waals surface area contributed by atoms with Crippen molar-refractivity contribution in [3.63, 3.8) is 0 Å². The Morgan fingerprint density at radius 1 is 1.03 bits per heavy atom. The van der Waals surface area contributed by atoms with E-state index in [0.717, 1.165) is 62.0 Å². The van der Waals surface area contributed by atoms with E-state index in [1.54, 1.807) is 4.90 Å². The van der Waals surface area contributed by atoms with E-state index in [1.165, 1.54) is 19.4 Å². The van der Waals surface area contributed by atoms with Gasteiger partial charge in [-0.25, -0.2) is 0 Å². The summed E-state index contributed by atoms with van der Waals surface area (Å²) >= 11 is 0. The molecule has 0 bridgehead atoms. The molecule has 4 aliphatic rings. The molecule has 0 spiro atoms. The zero-order valence-electron chi connectivity index (χ0n) is 19.5. The Kier molecular flexibility index (Phi) is 5.10. The molecule has 3 unspecified atom stereocenters. The van der Waals surface area contributed by atoms with Gasteiger partial charge in [-0.05, 0) is 55.5 Å². The van der Waals surface area contributed by atoms with Gasteiger partial charge in [0.15, 0.2) is 0 Å². The van der Waals surface area contributed by atoms with Crippen LogP contribution in [0.3, 0.4) is 0 Å². The smallest absolute Gasteiger partial charge is 0.243 e. The van der Waals surface area contributed by atoms with Crippen LogP contribution in [0.15, 0.2) is 18.2 Å².